The maximum absolute atomic E-state index is 13.3. The average Bonchev–Trinajstić information content (AvgIpc) is 2.36. The molecule has 0 fully saturated rings. The van der Waals surface area contributed by atoms with Gasteiger partial charge in [-0.2, -0.15) is 0 Å². The van der Waals surface area contributed by atoms with Crippen LogP contribution in [0, 0.1) is 12.7 Å². The third kappa shape index (κ3) is 3.11. The zero-order valence-corrected chi connectivity index (χ0v) is 11.9. The van der Waals surface area contributed by atoms with Crippen molar-refractivity contribution in [1.82, 2.24) is 0 Å². The SMILES string of the molecule is Cc1cc(F)cc(C(=O)c2cccc(S(C)(=O)=O)c2)c1. The summed E-state index contributed by atoms with van der Waals surface area (Å²) < 4.78 is 36.3. The Kier molecular flexibility index (Phi) is 3.72. The fraction of sp³-hybridized carbons (Fsp3) is 0.133. The number of hydrogen-bond donors (Lipinski definition) is 0. The monoisotopic (exact) mass is 292 g/mol. The van der Waals surface area contributed by atoms with Gasteiger partial charge >= 0.3 is 0 Å². The zero-order chi connectivity index (χ0) is 14.9. The molecule has 0 atom stereocenters. The quantitative estimate of drug-likeness (QED) is 0.817. The van der Waals surface area contributed by atoms with E-state index in [9.17, 15) is 17.6 Å². The van der Waals surface area contributed by atoms with Crippen LogP contribution in [0.25, 0.3) is 0 Å². The number of aryl methyl sites for hydroxylation is 1. The molecule has 0 aliphatic rings. The Morgan fingerprint density at radius 2 is 1.75 bits per heavy atom. The van der Waals surface area contributed by atoms with Gasteiger partial charge in [0.25, 0.3) is 0 Å². The summed E-state index contributed by atoms with van der Waals surface area (Å²) in [6, 6.07) is 9.76. The lowest BCUT2D eigenvalue weighted by molar-refractivity contribution is 0.103. The van der Waals surface area contributed by atoms with E-state index in [2.05, 4.69) is 0 Å². The van der Waals surface area contributed by atoms with Crippen LogP contribution in [0.3, 0.4) is 0 Å². The number of rotatable bonds is 3. The van der Waals surface area contributed by atoms with E-state index in [1.165, 1.54) is 30.3 Å². The first kappa shape index (κ1) is 14.4. The first-order valence-corrected chi connectivity index (χ1v) is 7.78. The van der Waals surface area contributed by atoms with Gasteiger partial charge in [0.05, 0.1) is 4.90 Å². The molecule has 20 heavy (non-hydrogen) atoms. The Hall–Kier alpha value is -2.01. The number of benzene rings is 2. The summed E-state index contributed by atoms with van der Waals surface area (Å²) in [6.07, 6.45) is 1.07. The van der Waals surface area contributed by atoms with Crippen LogP contribution in [0.4, 0.5) is 4.39 Å². The van der Waals surface area contributed by atoms with E-state index in [-0.39, 0.29) is 16.0 Å². The summed E-state index contributed by atoms with van der Waals surface area (Å²) in [5.41, 5.74) is 1.05. The average molecular weight is 292 g/mol. The fourth-order valence-electron chi connectivity index (χ4n) is 1.90. The summed E-state index contributed by atoms with van der Waals surface area (Å²) >= 11 is 0. The molecule has 3 nitrogen and oxygen atoms in total. The van der Waals surface area contributed by atoms with Crippen molar-refractivity contribution in [3.63, 3.8) is 0 Å². The van der Waals surface area contributed by atoms with Gasteiger partial charge < -0.3 is 0 Å². The Bertz CT molecular complexity index is 759. The van der Waals surface area contributed by atoms with Crippen LogP contribution in [0.5, 0.6) is 0 Å². The minimum Gasteiger partial charge on any atom is -0.289 e. The standard InChI is InChI=1S/C15H13FO3S/c1-10-6-12(8-13(16)7-10)15(17)11-4-3-5-14(9-11)20(2,18)19/h3-9H,1-2H3. The summed E-state index contributed by atoms with van der Waals surface area (Å²) in [4.78, 5) is 12.3. The largest absolute Gasteiger partial charge is 0.289 e. The van der Waals surface area contributed by atoms with Gasteiger partial charge in [0.1, 0.15) is 5.82 Å². The van der Waals surface area contributed by atoms with E-state index >= 15 is 0 Å². The van der Waals surface area contributed by atoms with Crippen LogP contribution in [-0.2, 0) is 9.84 Å². The Balaban J connectivity index is 2.49. The van der Waals surface area contributed by atoms with Gasteiger partial charge in [0.15, 0.2) is 15.6 Å². The number of sulfone groups is 1. The topological polar surface area (TPSA) is 51.2 Å². The molecule has 0 aliphatic heterocycles. The van der Waals surface area contributed by atoms with Crippen LogP contribution < -0.4 is 0 Å². The molecular formula is C15H13FO3S. The number of carbonyl (C=O) groups is 1. The van der Waals surface area contributed by atoms with E-state index < -0.39 is 21.4 Å². The zero-order valence-electron chi connectivity index (χ0n) is 11.1. The second kappa shape index (κ2) is 5.17. The number of halogens is 1. The first-order valence-electron chi connectivity index (χ1n) is 5.89. The van der Waals surface area contributed by atoms with Gasteiger partial charge in [0.2, 0.25) is 0 Å². The van der Waals surface area contributed by atoms with Crippen LogP contribution >= 0.6 is 0 Å². The van der Waals surface area contributed by atoms with Crippen molar-refractivity contribution in [3.8, 4) is 0 Å². The van der Waals surface area contributed by atoms with Gasteiger partial charge in [-0.1, -0.05) is 12.1 Å². The Labute approximate surface area is 117 Å². The molecule has 104 valence electrons. The number of hydrogen-bond acceptors (Lipinski definition) is 3. The molecule has 0 aliphatic carbocycles. The molecule has 0 radical (unpaired) electrons. The molecule has 0 saturated heterocycles. The van der Waals surface area contributed by atoms with Crippen molar-refractivity contribution in [2.45, 2.75) is 11.8 Å². The second-order valence-corrected chi connectivity index (χ2v) is 6.66. The number of carbonyl (C=O) groups excluding carboxylic acids is 1. The summed E-state index contributed by atoms with van der Waals surface area (Å²) in [7, 11) is -3.38. The predicted octanol–water partition coefficient (Wildman–Crippen LogP) is 2.77. The van der Waals surface area contributed by atoms with Crippen molar-refractivity contribution in [3.05, 3.63) is 65.0 Å². The third-order valence-corrected chi connectivity index (χ3v) is 3.94. The van der Waals surface area contributed by atoms with E-state index in [0.717, 1.165) is 12.3 Å². The van der Waals surface area contributed by atoms with Gasteiger partial charge in [-0.3, -0.25) is 4.79 Å². The minimum absolute atomic E-state index is 0.0662. The molecule has 2 aromatic rings. The molecule has 0 saturated carbocycles. The van der Waals surface area contributed by atoms with E-state index in [0.29, 0.717) is 5.56 Å². The molecule has 0 spiro atoms. The third-order valence-electron chi connectivity index (χ3n) is 2.83. The van der Waals surface area contributed by atoms with Crippen LogP contribution in [0.1, 0.15) is 21.5 Å². The summed E-state index contributed by atoms with van der Waals surface area (Å²) in [6.45, 7) is 1.69. The van der Waals surface area contributed by atoms with Crippen LogP contribution in [0.2, 0.25) is 0 Å². The van der Waals surface area contributed by atoms with Crippen molar-refractivity contribution in [2.75, 3.05) is 6.26 Å². The molecule has 0 amide bonds. The maximum atomic E-state index is 13.3. The highest BCUT2D eigenvalue weighted by Crippen LogP contribution is 2.17. The molecular weight excluding hydrogens is 279 g/mol. The lowest BCUT2D eigenvalue weighted by Crippen LogP contribution is -2.05. The van der Waals surface area contributed by atoms with Gasteiger partial charge in [-0.05, 0) is 42.8 Å². The maximum Gasteiger partial charge on any atom is 0.193 e. The van der Waals surface area contributed by atoms with Crippen molar-refractivity contribution in [1.29, 1.82) is 0 Å². The minimum atomic E-state index is -3.38. The number of ketones is 1. The molecule has 0 unspecified atom stereocenters. The van der Waals surface area contributed by atoms with Crippen molar-refractivity contribution < 1.29 is 17.6 Å². The van der Waals surface area contributed by atoms with Gasteiger partial charge in [-0.15, -0.1) is 0 Å². The lowest BCUT2D eigenvalue weighted by Gasteiger charge is -2.05. The van der Waals surface area contributed by atoms with Crippen LogP contribution in [0.15, 0.2) is 47.4 Å². The summed E-state index contributed by atoms with van der Waals surface area (Å²) in [5.74, 6) is -0.897. The van der Waals surface area contributed by atoms with Crippen LogP contribution in [-0.4, -0.2) is 20.5 Å². The summed E-state index contributed by atoms with van der Waals surface area (Å²) in [5, 5.41) is 0. The Morgan fingerprint density at radius 1 is 1.05 bits per heavy atom. The smallest absolute Gasteiger partial charge is 0.193 e. The highest BCUT2D eigenvalue weighted by Gasteiger charge is 2.14. The molecule has 2 aromatic carbocycles. The second-order valence-electron chi connectivity index (χ2n) is 4.65. The first-order chi connectivity index (χ1) is 9.27. The van der Waals surface area contributed by atoms with E-state index in [1.807, 2.05) is 0 Å². The predicted molar refractivity (Wildman–Crippen MR) is 74.1 cm³/mol. The highest BCUT2D eigenvalue weighted by molar-refractivity contribution is 7.90. The van der Waals surface area contributed by atoms with Gasteiger partial charge in [-0.25, -0.2) is 12.8 Å². The molecule has 0 heterocycles. The van der Waals surface area contributed by atoms with E-state index in [4.69, 9.17) is 0 Å². The Morgan fingerprint density at radius 3 is 2.35 bits per heavy atom. The van der Waals surface area contributed by atoms with Crippen molar-refractivity contribution >= 4 is 15.6 Å². The fourth-order valence-corrected chi connectivity index (χ4v) is 2.57. The normalized spacial score (nSPS) is 11.3. The molecule has 0 aromatic heterocycles. The van der Waals surface area contributed by atoms with E-state index in [1.54, 1.807) is 13.0 Å². The lowest BCUT2D eigenvalue weighted by atomic mass is 10.0. The van der Waals surface area contributed by atoms with Crippen molar-refractivity contribution in [2.24, 2.45) is 0 Å². The molecule has 0 bridgehead atoms. The molecule has 2 rings (SSSR count). The highest BCUT2D eigenvalue weighted by atomic mass is 32.2. The molecule has 0 N–H and O–H groups in total. The molecule has 5 heteroatoms. The van der Waals surface area contributed by atoms with Gasteiger partial charge in [0, 0.05) is 17.4 Å².